The quantitative estimate of drug-likeness (QED) is 0.787. The average molecular weight is 249 g/mol. The summed E-state index contributed by atoms with van der Waals surface area (Å²) >= 11 is 5.03. The maximum atomic E-state index is 5.69. The molecule has 3 N–H and O–H groups in total. The molecule has 0 aliphatic heterocycles. The van der Waals surface area contributed by atoms with Crippen molar-refractivity contribution in [1.82, 2.24) is 4.98 Å². The van der Waals surface area contributed by atoms with Gasteiger partial charge in [0.25, 0.3) is 0 Å². The highest BCUT2D eigenvalue weighted by atomic mass is 32.1. The van der Waals surface area contributed by atoms with E-state index in [1.807, 2.05) is 6.07 Å². The van der Waals surface area contributed by atoms with Gasteiger partial charge in [0.1, 0.15) is 4.99 Å². The summed E-state index contributed by atoms with van der Waals surface area (Å²) in [6, 6.07) is 1.86. The molecular formula is C13H19N3S. The van der Waals surface area contributed by atoms with E-state index in [2.05, 4.69) is 24.1 Å². The fourth-order valence-corrected chi connectivity index (χ4v) is 2.32. The Morgan fingerprint density at radius 1 is 1.59 bits per heavy atom. The number of hydrogen-bond donors (Lipinski definition) is 2. The normalized spacial score (nSPS) is 16.9. The van der Waals surface area contributed by atoms with Gasteiger partial charge >= 0.3 is 0 Å². The number of rotatable bonds is 5. The summed E-state index contributed by atoms with van der Waals surface area (Å²) in [4.78, 5) is 4.54. The minimum absolute atomic E-state index is 0.421. The fraction of sp³-hybridized carbons (Fsp3) is 0.538. The van der Waals surface area contributed by atoms with E-state index >= 15 is 0 Å². The molecule has 0 spiro atoms. The van der Waals surface area contributed by atoms with Crippen LogP contribution in [0.2, 0.25) is 0 Å². The van der Waals surface area contributed by atoms with Crippen molar-refractivity contribution in [3.63, 3.8) is 0 Å². The number of thiocarbonyl (C=S) groups is 1. The molecule has 1 aliphatic carbocycles. The van der Waals surface area contributed by atoms with Crippen LogP contribution in [0.15, 0.2) is 18.5 Å². The largest absolute Gasteiger partial charge is 0.389 e. The minimum Gasteiger partial charge on any atom is -0.389 e. The third-order valence-electron chi connectivity index (χ3n) is 3.83. The lowest BCUT2D eigenvalue weighted by atomic mass is 9.92. The molecule has 0 radical (unpaired) electrons. The van der Waals surface area contributed by atoms with Gasteiger partial charge in [0.15, 0.2) is 0 Å². The summed E-state index contributed by atoms with van der Waals surface area (Å²) in [6.07, 6.45) is 6.13. The Labute approximate surface area is 108 Å². The van der Waals surface area contributed by atoms with Gasteiger partial charge in [-0.05, 0) is 30.2 Å². The lowest BCUT2D eigenvalue weighted by Gasteiger charge is -2.21. The maximum absolute atomic E-state index is 5.69. The molecule has 1 saturated carbocycles. The van der Waals surface area contributed by atoms with E-state index in [1.54, 1.807) is 12.4 Å². The van der Waals surface area contributed by atoms with Crippen LogP contribution in [-0.4, -0.2) is 16.5 Å². The van der Waals surface area contributed by atoms with Gasteiger partial charge in [-0.2, -0.15) is 0 Å². The highest BCUT2D eigenvalue weighted by Crippen LogP contribution is 2.51. The Hall–Kier alpha value is -1.16. The van der Waals surface area contributed by atoms with Crippen LogP contribution in [0.25, 0.3) is 0 Å². The summed E-state index contributed by atoms with van der Waals surface area (Å²) in [5.41, 5.74) is 7.99. The van der Waals surface area contributed by atoms with Crippen LogP contribution in [0.3, 0.4) is 0 Å². The third kappa shape index (κ3) is 2.57. The summed E-state index contributed by atoms with van der Waals surface area (Å²) in [6.45, 7) is 5.55. The molecular weight excluding hydrogens is 230 g/mol. The Morgan fingerprint density at radius 2 is 2.29 bits per heavy atom. The van der Waals surface area contributed by atoms with E-state index in [4.69, 9.17) is 18.0 Å². The van der Waals surface area contributed by atoms with Gasteiger partial charge in [0, 0.05) is 18.3 Å². The summed E-state index contributed by atoms with van der Waals surface area (Å²) in [5, 5.41) is 3.45. The zero-order valence-electron chi connectivity index (χ0n) is 10.4. The number of pyridine rings is 1. The molecule has 1 aromatic heterocycles. The summed E-state index contributed by atoms with van der Waals surface area (Å²) < 4.78 is 0. The van der Waals surface area contributed by atoms with Crippen LogP contribution in [0.4, 0.5) is 5.69 Å². The van der Waals surface area contributed by atoms with Gasteiger partial charge in [-0.25, -0.2) is 0 Å². The standard InChI is InChI=1S/C13H19N3S/c1-9(2)13(4-5-13)8-16-11-7-15-6-3-10(11)12(14)17/h3,6-7,9,16H,4-5,8H2,1-2H3,(H2,14,17). The van der Waals surface area contributed by atoms with E-state index < -0.39 is 0 Å². The number of nitrogens with one attached hydrogen (secondary N) is 1. The number of nitrogens with two attached hydrogens (primary N) is 1. The maximum Gasteiger partial charge on any atom is 0.106 e. The number of aromatic nitrogens is 1. The van der Waals surface area contributed by atoms with E-state index in [0.29, 0.717) is 16.3 Å². The smallest absolute Gasteiger partial charge is 0.106 e. The second-order valence-corrected chi connectivity index (χ2v) is 5.60. The third-order valence-corrected chi connectivity index (χ3v) is 4.05. The van der Waals surface area contributed by atoms with Crippen LogP contribution in [0.1, 0.15) is 32.3 Å². The van der Waals surface area contributed by atoms with Crippen LogP contribution >= 0.6 is 12.2 Å². The Morgan fingerprint density at radius 3 is 2.82 bits per heavy atom. The number of hydrogen-bond acceptors (Lipinski definition) is 3. The molecule has 1 heterocycles. The first-order chi connectivity index (χ1) is 8.05. The van der Waals surface area contributed by atoms with Gasteiger partial charge in [-0.15, -0.1) is 0 Å². The summed E-state index contributed by atoms with van der Waals surface area (Å²) in [7, 11) is 0. The molecule has 4 heteroatoms. The molecule has 0 amide bonds. The first kappa shape index (κ1) is 12.3. The average Bonchev–Trinajstić information content (AvgIpc) is 3.07. The van der Waals surface area contributed by atoms with Crippen molar-refractivity contribution in [2.75, 3.05) is 11.9 Å². The SMILES string of the molecule is CC(C)C1(CNc2cnccc2C(N)=S)CC1. The molecule has 1 fully saturated rings. The Kier molecular flexibility index (Phi) is 3.33. The molecule has 0 bridgehead atoms. The Bertz CT molecular complexity index is 424. The van der Waals surface area contributed by atoms with Crippen LogP contribution in [0, 0.1) is 11.3 Å². The van der Waals surface area contributed by atoms with Crippen LogP contribution in [-0.2, 0) is 0 Å². The van der Waals surface area contributed by atoms with Gasteiger partial charge in [-0.3, -0.25) is 4.98 Å². The molecule has 0 saturated heterocycles. The zero-order valence-corrected chi connectivity index (χ0v) is 11.2. The van der Waals surface area contributed by atoms with E-state index in [-0.39, 0.29) is 0 Å². The van der Waals surface area contributed by atoms with Gasteiger partial charge in [0.2, 0.25) is 0 Å². The second kappa shape index (κ2) is 4.61. The number of anilines is 1. The first-order valence-corrected chi connectivity index (χ1v) is 6.44. The van der Waals surface area contributed by atoms with Gasteiger partial charge in [0.05, 0.1) is 11.9 Å². The molecule has 0 atom stereocenters. The molecule has 1 aliphatic rings. The van der Waals surface area contributed by atoms with Gasteiger partial charge < -0.3 is 11.1 Å². The molecule has 2 rings (SSSR count). The topological polar surface area (TPSA) is 50.9 Å². The predicted molar refractivity (Wildman–Crippen MR) is 75.1 cm³/mol. The van der Waals surface area contributed by atoms with Crippen LogP contribution in [0.5, 0.6) is 0 Å². The van der Waals surface area contributed by atoms with Crippen molar-refractivity contribution in [1.29, 1.82) is 0 Å². The van der Waals surface area contributed by atoms with Crippen molar-refractivity contribution in [2.45, 2.75) is 26.7 Å². The van der Waals surface area contributed by atoms with E-state index in [1.165, 1.54) is 12.8 Å². The van der Waals surface area contributed by atoms with Gasteiger partial charge in [-0.1, -0.05) is 26.1 Å². The highest BCUT2D eigenvalue weighted by molar-refractivity contribution is 7.80. The van der Waals surface area contributed by atoms with Crippen molar-refractivity contribution in [3.8, 4) is 0 Å². The predicted octanol–water partition coefficient (Wildman–Crippen LogP) is 2.56. The van der Waals surface area contributed by atoms with Crippen LogP contribution < -0.4 is 11.1 Å². The second-order valence-electron chi connectivity index (χ2n) is 5.16. The Balaban J connectivity index is 2.07. The highest BCUT2D eigenvalue weighted by Gasteiger charge is 2.44. The summed E-state index contributed by atoms with van der Waals surface area (Å²) in [5.74, 6) is 0.708. The zero-order chi connectivity index (χ0) is 12.5. The van der Waals surface area contributed by atoms with Crippen molar-refractivity contribution >= 4 is 22.9 Å². The monoisotopic (exact) mass is 249 g/mol. The van der Waals surface area contributed by atoms with Crippen molar-refractivity contribution < 1.29 is 0 Å². The fourth-order valence-electron chi connectivity index (χ4n) is 2.14. The minimum atomic E-state index is 0.421. The van der Waals surface area contributed by atoms with E-state index in [0.717, 1.165) is 17.8 Å². The molecule has 92 valence electrons. The molecule has 1 aromatic rings. The number of nitrogens with zero attached hydrogens (tertiary/aromatic N) is 1. The molecule has 17 heavy (non-hydrogen) atoms. The molecule has 0 unspecified atom stereocenters. The lowest BCUT2D eigenvalue weighted by Crippen LogP contribution is -2.22. The van der Waals surface area contributed by atoms with E-state index in [9.17, 15) is 0 Å². The molecule has 3 nitrogen and oxygen atoms in total. The van der Waals surface area contributed by atoms with Crippen molar-refractivity contribution in [3.05, 3.63) is 24.0 Å². The van der Waals surface area contributed by atoms with Crippen molar-refractivity contribution in [2.24, 2.45) is 17.1 Å². The lowest BCUT2D eigenvalue weighted by molar-refractivity contribution is 0.380. The first-order valence-electron chi connectivity index (χ1n) is 6.03. The molecule has 0 aromatic carbocycles.